The third-order valence-electron chi connectivity index (χ3n) is 5.78. The fourth-order valence-electron chi connectivity index (χ4n) is 4.12. The van der Waals surface area contributed by atoms with Crippen LogP contribution in [0.2, 0.25) is 0 Å². The highest BCUT2D eigenvalue weighted by Gasteiger charge is 2.18. The molecule has 0 aliphatic carbocycles. The van der Waals surface area contributed by atoms with Gasteiger partial charge in [-0.3, -0.25) is 4.90 Å². The van der Waals surface area contributed by atoms with E-state index in [1.165, 1.54) is 16.7 Å². The summed E-state index contributed by atoms with van der Waals surface area (Å²) in [5.41, 5.74) is 5.24. The average molecular weight is 400 g/mol. The maximum atomic E-state index is 12.6. The molecule has 2 N–H and O–H groups in total. The number of nitrogens with one attached hydrogen (secondary N) is 2. The van der Waals surface area contributed by atoms with Crippen LogP contribution in [0, 0.1) is 0 Å². The molecule has 0 atom stereocenters. The molecular formula is C22H29N3O2S. The molecule has 5 nitrogen and oxygen atoms in total. The minimum absolute atomic E-state index is 0.377. The molecular weight excluding hydrogens is 370 g/mol. The van der Waals surface area contributed by atoms with E-state index in [2.05, 4.69) is 39.2 Å². The van der Waals surface area contributed by atoms with Crippen molar-refractivity contribution in [2.24, 2.45) is 0 Å². The number of unbranched alkanes of at least 4 members (excludes halogenated alkanes) is 1. The maximum Gasteiger partial charge on any atom is 0.240 e. The Morgan fingerprint density at radius 3 is 2.68 bits per heavy atom. The normalized spacial score (nSPS) is 17.1. The summed E-state index contributed by atoms with van der Waals surface area (Å²) in [6.45, 7) is 5.30. The fourth-order valence-corrected chi connectivity index (χ4v) is 5.24. The third kappa shape index (κ3) is 4.63. The lowest BCUT2D eigenvalue weighted by Gasteiger charge is -2.28. The van der Waals surface area contributed by atoms with E-state index in [1.807, 2.05) is 12.1 Å². The molecule has 2 aromatic carbocycles. The molecule has 4 rings (SSSR count). The van der Waals surface area contributed by atoms with Gasteiger partial charge in [-0.2, -0.15) is 0 Å². The summed E-state index contributed by atoms with van der Waals surface area (Å²) in [7, 11) is -3.43. The van der Waals surface area contributed by atoms with Gasteiger partial charge in [0, 0.05) is 26.2 Å². The van der Waals surface area contributed by atoms with Gasteiger partial charge in [-0.1, -0.05) is 30.3 Å². The number of hydrogen-bond acceptors (Lipinski definition) is 4. The Labute approximate surface area is 168 Å². The first-order valence-corrected chi connectivity index (χ1v) is 11.7. The first-order valence-electron chi connectivity index (χ1n) is 10.2. The Bertz CT molecular complexity index is 927. The van der Waals surface area contributed by atoms with E-state index in [9.17, 15) is 8.42 Å². The lowest BCUT2D eigenvalue weighted by molar-refractivity contribution is 0.249. The topological polar surface area (TPSA) is 61.4 Å². The van der Waals surface area contributed by atoms with E-state index in [0.717, 1.165) is 64.0 Å². The Morgan fingerprint density at radius 1 is 0.964 bits per heavy atom. The van der Waals surface area contributed by atoms with Crippen LogP contribution in [0.15, 0.2) is 47.4 Å². The largest absolute Gasteiger partial charge is 0.312 e. The average Bonchev–Trinajstić information content (AvgIpc) is 2.73. The maximum absolute atomic E-state index is 12.6. The smallest absolute Gasteiger partial charge is 0.240 e. The fraction of sp³-hybridized carbons (Fsp3) is 0.455. The van der Waals surface area contributed by atoms with Gasteiger partial charge in [-0.15, -0.1) is 0 Å². The Balaban J connectivity index is 1.23. The van der Waals surface area contributed by atoms with Gasteiger partial charge < -0.3 is 5.32 Å². The number of nitrogens with zero attached hydrogens (tertiary/aromatic N) is 1. The van der Waals surface area contributed by atoms with Gasteiger partial charge >= 0.3 is 0 Å². The molecule has 0 radical (unpaired) electrons. The van der Waals surface area contributed by atoms with Crippen molar-refractivity contribution in [3.05, 3.63) is 64.7 Å². The standard InChI is InChI=1S/C22H29N3O2S/c26-28(27,22-8-7-19-9-12-23-16-21(19)15-22)24-11-3-4-13-25-14-10-18-5-1-2-6-20(18)17-25/h1-2,5-8,15,23-24H,3-4,9-14,16-17H2. The van der Waals surface area contributed by atoms with Crippen LogP contribution in [-0.4, -0.2) is 39.5 Å². The van der Waals surface area contributed by atoms with Gasteiger partial charge in [0.15, 0.2) is 0 Å². The second kappa shape index (κ2) is 8.74. The Hall–Kier alpha value is -1.73. The van der Waals surface area contributed by atoms with E-state index >= 15 is 0 Å². The van der Waals surface area contributed by atoms with Crippen molar-refractivity contribution in [1.82, 2.24) is 14.9 Å². The van der Waals surface area contributed by atoms with Crippen LogP contribution >= 0.6 is 0 Å². The van der Waals surface area contributed by atoms with Gasteiger partial charge in [0.1, 0.15) is 0 Å². The SMILES string of the molecule is O=S(=O)(NCCCCN1CCc2ccccc2C1)c1ccc2c(c1)CNCC2. The molecule has 0 bridgehead atoms. The summed E-state index contributed by atoms with van der Waals surface area (Å²) in [4.78, 5) is 2.84. The van der Waals surface area contributed by atoms with Crippen molar-refractivity contribution in [2.45, 2.75) is 43.7 Å². The van der Waals surface area contributed by atoms with E-state index in [-0.39, 0.29) is 0 Å². The van der Waals surface area contributed by atoms with E-state index in [0.29, 0.717) is 11.4 Å². The van der Waals surface area contributed by atoms with Crippen molar-refractivity contribution in [1.29, 1.82) is 0 Å². The van der Waals surface area contributed by atoms with Gasteiger partial charge in [0.05, 0.1) is 4.90 Å². The lowest BCUT2D eigenvalue weighted by atomic mass is 10.00. The van der Waals surface area contributed by atoms with Crippen LogP contribution in [0.5, 0.6) is 0 Å². The molecule has 0 unspecified atom stereocenters. The van der Waals surface area contributed by atoms with Gasteiger partial charge in [-0.05, 0) is 73.2 Å². The number of sulfonamides is 1. The number of hydrogen-bond donors (Lipinski definition) is 2. The highest BCUT2D eigenvalue weighted by atomic mass is 32.2. The predicted octanol–water partition coefficient (Wildman–Crippen LogP) is 2.45. The van der Waals surface area contributed by atoms with Crippen LogP contribution in [0.4, 0.5) is 0 Å². The molecule has 2 heterocycles. The van der Waals surface area contributed by atoms with Crippen molar-refractivity contribution < 1.29 is 8.42 Å². The first kappa shape index (κ1) is 19.6. The Kier molecular flexibility index (Phi) is 6.11. The molecule has 2 aliphatic rings. The van der Waals surface area contributed by atoms with Crippen molar-refractivity contribution in [3.8, 4) is 0 Å². The predicted molar refractivity (Wildman–Crippen MR) is 112 cm³/mol. The number of rotatable bonds is 7. The van der Waals surface area contributed by atoms with Crippen molar-refractivity contribution in [3.63, 3.8) is 0 Å². The molecule has 0 spiro atoms. The van der Waals surface area contributed by atoms with Crippen LogP contribution in [0.1, 0.15) is 35.1 Å². The second-order valence-corrected chi connectivity index (χ2v) is 9.52. The molecule has 28 heavy (non-hydrogen) atoms. The quantitative estimate of drug-likeness (QED) is 0.702. The summed E-state index contributed by atoms with van der Waals surface area (Å²) >= 11 is 0. The molecule has 0 amide bonds. The Morgan fingerprint density at radius 2 is 1.79 bits per heavy atom. The molecule has 0 saturated heterocycles. The lowest BCUT2D eigenvalue weighted by Crippen LogP contribution is -2.32. The molecule has 150 valence electrons. The molecule has 0 aromatic heterocycles. The summed E-state index contributed by atoms with van der Waals surface area (Å²) in [5.74, 6) is 0. The van der Waals surface area contributed by atoms with Crippen molar-refractivity contribution >= 4 is 10.0 Å². The molecule has 0 fully saturated rings. The van der Waals surface area contributed by atoms with Crippen LogP contribution < -0.4 is 10.0 Å². The zero-order valence-electron chi connectivity index (χ0n) is 16.3. The first-order chi connectivity index (χ1) is 13.6. The summed E-state index contributed by atoms with van der Waals surface area (Å²) in [5, 5.41) is 3.30. The monoisotopic (exact) mass is 399 g/mol. The van der Waals surface area contributed by atoms with E-state index in [1.54, 1.807) is 6.07 Å². The van der Waals surface area contributed by atoms with E-state index in [4.69, 9.17) is 0 Å². The van der Waals surface area contributed by atoms with E-state index < -0.39 is 10.0 Å². The molecule has 0 saturated carbocycles. The summed E-state index contributed by atoms with van der Waals surface area (Å²) < 4.78 is 27.9. The van der Waals surface area contributed by atoms with Gasteiger partial charge in [0.2, 0.25) is 10.0 Å². The van der Waals surface area contributed by atoms with Crippen molar-refractivity contribution in [2.75, 3.05) is 26.2 Å². The zero-order valence-corrected chi connectivity index (χ0v) is 17.1. The molecule has 2 aromatic rings. The highest BCUT2D eigenvalue weighted by molar-refractivity contribution is 7.89. The molecule has 6 heteroatoms. The van der Waals surface area contributed by atoms with Gasteiger partial charge in [0.25, 0.3) is 0 Å². The number of fused-ring (bicyclic) bond motifs is 2. The van der Waals surface area contributed by atoms with Crippen LogP contribution in [0.25, 0.3) is 0 Å². The zero-order chi connectivity index (χ0) is 19.4. The van der Waals surface area contributed by atoms with Gasteiger partial charge in [-0.25, -0.2) is 13.1 Å². The molecule has 2 aliphatic heterocycles. The van der Waals surface area contributed by atoms with Crippen LogP contribution in [0.3, 0.4) is 0 Å². The summed E-state index contributed by atoms with van der Waals surface area (Å²) in [6, 6.07) is 14.2. The summed E-state index contributed by atoms with van der Waals surface area (Å²) in [6.07, 6.45) is 3.92. The minimum atomic E-state index is -3.43. The number of benzene rings is 2. The highest BCUT2D eigenvalue weighted by Crippen LogP contribution is 2.20. The van der Waals surface area contributed by atoms with Crippen LogP contribution in [-0.2, 0) is 36.0 Å². The minimum Gasteiger partial charge on any atom is -0.312 e. The third-order valence-corrected chi connectivity index (χ3v) is 7.24. The second-order valence-electron chi connectivity index (χ2n) is 7.76.